The average molecular weight is 140 g/mol. The molecule has 56 valence electrons. The first-order valence-corrected chi connectivity index (χ1v) is 3.15. The summed E-state index contributed by atoms with van der Waals surface area (Å²) < 4.78 is 0. The van der Waals surface area contributed by atoms with Gasteiger partial charge >= 0.3 is 0 Å². The third kappa shape index (κ3) is 1.27. The number of anilines is 1. The lowest BCUT2D eigenvalue weighted by Crippen LogP contribution is -2.08. The molecule has 0 amide bonds. The number of nitrogens with one attached hydrogen (secondary N) is 1. The van der Waals surface area contributed by atoms with E-state index in [0.29, 0.717) is 6.54 Å². The van der Waals surface area contributed by atoms with E-state index in [1.54, 1.807) is 0 Å². The van der Waals surface area contributed by atoms with Crippen LogP contribution in [0.5, 0.6) is 0 Å². The van der Waals surface area contributed by atoms with Crippen molar-refractivity contribution in [3.63, 3.8) is 0 Å². The Bertz CT molecular complexity index is 203. The molecule has 3 N–H and O–H groups in total. The van der Waals surface area contributed by atoms with E-state index in [1.807, 2.05) is 25.1 Å². The number of nitrogens with two attached hydrogens (primary N) is 1. The Hall–Kier alpha value is -1.03. The summed E-state index contributed by atoms with van der Waals surface area (Å²) in [6, 6.07) is 1.93. The fourth-order valence-electron chi connectivity index (χ4n) is 0.683. The molecule has 1 rings (SSSR count). The molecule has 0 atom stereocenters. The second-order valence-corrected chi connectivity index (χ2v) is 2.35. The molecule has 1 aromatic heterocycles. The van der Waals surface area contributed by atoms with Crippen LogP contribution < -0.4 is 10.6 Å². The number of hydrogen-bond donors (Lipinski definition) is 2. The SMILES string of the molecule is CN(C)c1cc(CN)[nH]n1. The Morgan fingerprint density at radius 3 is 2.70 bits per heavy atom. The highest BCUT2D eigenvalue weighted by molar-refractivity contribution is 5.36. The molecule has 0 spiro atoms. The third-order valence-corrected chi connectivity index (χ3v) is 1.30. The van der Waals surface area contributed by atoms with Gasteiger partial charge in [0.15, 0.2) is 0 Å². The van der Waals surface area contributed by atoms with Crippen LogP contribution in [0.3, 0.4) is 0 Å². The zero-order chi connectivity index (χ0) is 7.56. The third-order valence-electron chi connectivity index (χ3n) is 1.30. The first kappa shape index (κ1) is 7.08. The van der Waals surface area contributed by atoms with E-state index in [-0.39, 0.29) is 0 Å². The van der Waals surface area contributed by atoms with Crippen molar-refractivity contribution >= 4 is 5.82 Å². The fraction of sp³-hybridized carbons (Fsp3) is 0.500. The smallest absolute Gasteiger partial charge is 0.150 e. The Balaban J connectivity index is 2.78. The van der Waals surface area contributed by atoms with Gasteiger partial charge in [-0.05, 0) is 0 Å². The van der Waals surface area contributed by atoms with Gasteiger partial charge in [-0.1, -0.05) is 0 Å². The van der Waals surface area contributed by atoms with Crippen molar-refractivity contribution in [3.8, 4) is 0 Å². The largest absolute Gasteiger partial charge is 0.361 e. The van der Waals surface area contributed by atoms with E-state index in [9.17, 15) is 0 Å². The molecule has 0 aromatic carbocycles. The van der Waals surface area contributed by atoms with Gasteiger partial charge in [0.1, 0.15) is 5.82 Å². The number of aromatic nitrogens is 2. The second-order valence-electron chi connectivity index (χ2n) is 2.35. The highest BCUT2D eigenvalue weighted by Gasteiger charge is 1.98. The van der Waals surface area contributed by atoms with Gasteiger partial charge in [0.05, 0.1) is 5.69 Å². The summed E-state index contributed by atoms with van der Waals surface area (Å²) in [7, 11) is 3.88. The minimum atomic E-state index is 0.515. The molecule has 0 aliphatic heterocycles. The van der Waals surface area contributed by atoms with Gasteiger partial charge in [-0.2, -0.15) is 5.10 Å². The topological polar surface area (TPSA) is 57.9 Å². The minimum Gasteiger partial charge on any atom is -0.361 e. The normalized spacial score (nSPS) is 9.90. The molecule has 0 aliphatic rings. The van der Waals surface area contributed by atoms with Gasteiger partial charge in [-0.3, -0.25) is 5.10 Å². The molecule has 0 bridgehead atoms. The van der Waals surface area contributed by atoms with Crippen LogP contribution in [-0.2, 0) is 6.54 Å². The quantitative estimate of drug-likeness (QED) is 0.604. The van der Waals surface area contributed by atoms with Crippen LogP contribution >= 0.6 is 0 Å². The maximum absolute atomic E-state index is 5.37. The summed E-state index contributed by atoms with van der Waals surface area (Å²) in [5.41, 5.74) is 6.34. The van der Waals surface area contributed by atoms with Crippen LogP contribution in [-0.4, -0.2) is 24.3 Å². The maximum atomic E-state index is 5.37. The Morgan fingerprint density at radius 2 is 2.40 bits per heavy atom. The predicted molar refractivity (Wildman–Crippen MR) is 40.8 cm³/mol. The zero-order valence-corrected chi connectivity index (χ0v) is 6.26. The van der Waals surface area contributed by atoms with Crippen LogP contribution in [0.25, 0.3) is 0 Å². The molecule has 0 saturated heterocycles. The first-order chi connectivity index (χ1) is 4.74. The van der Waals surface area contributed by atoms with Gasteiger partial charge in [-0.25, -0.2) is 0 Å². The maximum Gasteiger partial charge on any atom is 0.150 e. The van der Waals surface area contributed by atoms with Gasteiger partial charge < -0.3 is 10.6 Å². The molecule has 1 aromatic rings. The summed E-state index contributed by atoms with van der Waals surface area (Å²) in [5, 5.41) is 6.83. The van der Waals surface area contributed by atoms with Crippen molar-refractivity contribution < 1.29 is 0 Å². The molecule has 0 saturated carbocycles. The Kier molecular flexibility index (Phi) is 1.91. The molecule has 0 radical (unpaired) electrons. The number of H-pyrrole nitrogens is 1. The van der Waals surface area contributed by atoms with Crippen molar-refractivity contribution in [2.45, 2.75) is 6.54 Å². The van der Waals surface area contributed by atoms with E-state index in [1.165, 1.54) is 0 Å². The van der Waals surface area contributed by atoms with Crippen molar-refractivity contribution in [2.75, 3.05) is 19.0 Å². The molecule has 4 nitrogen and oxygen atoms in total. The monoisotopic (exact) mass is 140 g/mol. The van der Waals surface area contributed by atoms with Crippen molar-refractivity contribution in [1.29, 1.82) is 0 Å². The summed E-state index contributed by atoms with van der Waals surface area (Å²) in [4.78, 5) is 1.93. The van der Waals surface area contributed by atoms with Crippen LogP contribution in [0.15, 0.2) is 6.07 Å². The second kappa shape index (κ2) is 2.70. The van der Waals surface area contributed by atoms with Crippen molar-refractivity contribution in [3.05, 3.63) is 11.8 Å². The van der Waals surface area contributed by atoms with Crippen LogP contribution in [0.1, 0.15) is 5.69 Å². The van der Waals surface area contributed by atoms with E-state index in [4.69, 9.17) is 5.73 Å². The van der Waals surface area contributed by atoms with E-state index < -0.39 is 0 Å². The summed E-state index contributed by atoms with van der Waals surface area (Å²) in [6.07, 6.45) is 0. The summed E-state index contributed by atoms with van der Waals surface area (Å²) in [6.45, 7) is 0.515. The molecule has 0 unspecified atom stereocenters. The van der Waals surface area contributed by atoms with Gasteiger partial charge in [0.2, 0.25) is 0 Å². The molecule has 0 aliphatic carbocycles. The molecule has 1 heterocycles. The molecule has 10 heavy (non-hydrogen) atoms. The fourth-order valence-corrected chi connectivity index (χ4v) is 0.683. The van der Waals surface area contributed by atoms with E-state index in [0.717, 1.165) is 11.5 Å². The number of nitrogens with zero attached hydrogens (tertiary/aromatic N) is 2. The van der Waals surface area contributed by atoms with Gasteiger partial charge in [0, 0.05) is 26.7 Å². The lowest BCUT2D eigenvalue weighted by molar-refractivity contribution is 0.937. The van der Waals surface area contributed by atoms with E-state index in [2.05, 4.69) is 10.2 Å². The lowest BCUT2D eigenvalue weighted by atomic mass is 10.4. The number of hydrogen-bond acceptors (Lipinski definition) is 3. The van der Waals surface area contributed by atoms with Crippen molar-refractivity contribution in [1.82, 2.24) is 10.2 Å². The average Bonchev–Trinajstić information content (AvgIpc) is 2.34. The van der Waals surface area contributed by atoms with Crippen LogP contribution in [0, 0.1) is 0 Å². The summed E-state index contributed by atoms with van der Waals surface area (Å²) >= 11 is 0. The van der Waals surface area contributed by atoms with Crippen LogP contribution in [0.4, 0.5) is 5.82 Å². The van der Waals surface area contributed by atoms with Gasteiger partial charge in [0.25, 0.3) is 0 Å². The highest BCUT2D eigenvalue weighted by atomic mass is 15.2. The summed E-state index contributed by atoms with van der Waals surface area (Å²) in [5.74, 6) is 0.917. The Morgan fingerprint density at radius 1 is 1.70 bits per heavy atom. The molecular weight excluding hydrogens is 128 g/mol. The van der Waals surface area contributed by atoms with Crippen molar-refractivity contribution in [2.24, 2.45) is 5.73 Å². The number of rotatable bonds is 2. The number of aromatic amines is 1. The molecular formula is C6H12N4. The Labute approximate surface area is 60.0 Å². The van der Waals surface area contributed by atoms with Gasteiger partial charge in [-0.15, -0.1) is 0 Å². The minimum absolute atomic E-state index is 0.515. The van der Waals surface area contributed by atoms with Crippen LogP contribution in [0.2, 0.25) is 0 Å². The zero-order valence-electron chi connectivity index (χ0n) is 6.26. The lowest BCUT2D eigenvalue weighted by Gasteiger charge is -2.05. The van der Waals surface area contributed by atoms with E-state index >= 15 is 0 Å². The predicted octanol–water partition coefficient (Wildman–Crippen LogP) is -0.0656. The highest BCUT2D eigenvalue weighted by Crippen LogP contribution is 2.06. The standard InChI is InChI=1S/C6H12N4/c1-10(2)6-3-5(4-7)8-9-6/h3H,4,7H2,1-2H3,(H,8,9). The first-order valence-electron chi connectivity index (χ1n) is 3.15. The molecule has 0 fully saturated rings. The molecule has 4 heteroatoms.